The van der Waals surface area contributed by atoms with Crippen molar-refractivity contribution in [1.82, 2.24) is 5.32 Å². The zero-order chi connectivity index (χ0) is 15.8. The Morgan fingerprint density at radius 1 is 1.19 bits per heavy atom. The van der Waals surface area contributed by atoms with Crippen LogP contribution in [0.2, 0.25) is 0 Å². The third-order valence-electron chi connectivity index (χ3n) is 2.80. The van der Waals surface area contributed by atoms with Gasteiger partial charge in [0.1, 0.15) is 12.6 Å². The van der Waals surface area contributed by atoms with Crippen molar-refractivity contribution in [3.8, 4) is 0 Å². The minimum Gasteiger partial charge on any atom is -0.461 e. The van der Waals surface area contributed by atoms with Crippen LogP contribution in [-0.2, 0) is 25.7 Å². The van der Waals surface area contributed by atoms with Gasteiger partial charge < -0.3 is 15.8 Å². The second-order valence-corrected chi connectivity index (χ2v) is 4.97. The van der Waals surface area contributed by atoms with Crippen molar-refractivity contribution in [1.29, 1.82) is 0 Å². The number of esters is 1. The first kappa shape index (κ1) is 16.7. The van der Waals surface area contributed by atoms with E-state index >= 15 is 0 Å². The fourth-order valence-electron chi connectivity index (χ4n) is 1.52. The summed E-state index contributed by atoms with van der Waals surface area (Å²) < 4.78 is 5.05. The minimum atomic E-state index is -1.05. The van der Waals surface area contributed by atoms with E-state index in [1.165, 1.54) is 0 Å². The number of hydrogen-bond donors (Lipinski definition) is 2. The molecule has 3 N–H and O–H groups in total. The molecule has 0 aliphatic heterocycles. The Kier molecular flexibility index (Phi) is 6.39. The molecule has 2 amide bonds. The maximum absolute atomic E-state index is 11.7. The van der Waals surface area contributed by atoms with Gasteiger partial charge in [0.05, 0.1) is 6.42 Å². The van der Waals surface area contributed by atoms with Gasteiger partial charge in [0.25, 0.3) is 0 Å². The minimum absolute atomic E-state index is 0.114. The second kappa shape index (κ2) is 8.04. The first-order chi connectivity index (χ1) is 9.90. The molecule has 1 aromatic carbocycles. The molecule has 6 nitrogen and oxygen atoms in total. The predicted octanol–water partition coefficient (Wildman–Crippen LogP) is 0.746. The number of nitrogens with one attached hydrogen (secondary N) is 1. The topological polar surface area (TPSA) is 98.5 Å². The number of nitrogens with two attached hydrogens (primary N) is 1. The van der Waals surface area contributed by atoms with E-state index in [0.717, 1.165) is 5.56 Å². The highest BCUT2D eigenvalue weighted by atomic mass is 16.5. The summed E-state index contributed by atoms with van der Waals surface area (Å²) in [5, 5.41) is 2.43. The molecule has 0 radical (unpaired) electrons. The largest absolute Gasteiger partial charge is 0.461 e. The van der Waals surface area contributed by atoms with Crippen molar-refractivity contribution in [2.75, 3.05) is 0 Å². The van der Waals surface area contributed by atoms with Crippen LogP contribution in [-0.4, -0.2) is 23.8 Å². The van der Waals surface area contributed by atoms with E-state index in [2.05, 4.69) is 5.32 Å². The summed E-state index contributed by atoms with van der Waals surface area (Å²) in [6.07, 6.45) is -0.277. The molecule has 21 heavy (non-hydrogen) atoms. The Balaban J connectivity index is 2.49. The summed E-state index contributed by atoms with van der Waals surface area (Å²) in [5.41, 5.74) is 6.02. The highest BCUT2D eigenvalue weighted by molar-refractivity contribution is 5.90. The molecule has 0 heterocycles. The quantitative estimate of drug-likeness (QED) is 0.724. The Labute approximate surface area is 123 Å². The van der Waals surface area contributed by atoms with Gasteiger partial charge in [-0.05, 0) is 5.56 Å². The Bertz CT molecular complexity index is 500. The second-order valence-electron chi connectivity index (χ2n) is 4.97. The van der Waals surface area contributed by atoms with E-state index in [0.29, 0.717) is 0 Å². The maximum atomic E-state index is 11.7. The number of amides is 2. The summed E-state index contributed by atoms with van der Waals surface area (Å²) >= 11 is 0. The number of benzene rings is 1. The molecule has 0 saturated heterocycles. The molecule has 0 spiro atoms. The van der Waals surface area contributed by atoms with Crippen LogP contribution >= 0.6 is 0 Å². The fourth-order valence-corrected chi connectivity index (χ4v) is 1.52. The highest BCUT2D eigenvalue weighted by Gasteiger charge is 2.23. The van der Waals surface area contributed by atoms with Gasteiger partial charge in [-0.25, -0.2) is 0 Å². The average molecular weight is 292 g/mol. The molecule has 0 saturated carbocycles. The third-order valence-corrected chi connectivity index (χ3v) is 2.80. The normalized spacial score (nSPS) is 11.8. The van der Waals surface area contributed by atoms with E-state index in [-0.39, 0.29) is 24.9 Å². The Morgan fingerprint density at radius 2 is 1.81 bits per heavy atom. The summed E-state index contributed by atoms with van der Waals surface area (Å²) in [5.74, 6) is -1.99. The SMILES string of the molecule is CC(C)C(=O)N[C@@H](CC(=O)OCc1ccccc1)C(N)=O. The van der Waals surface area contributed by atoms with Crippen molar-refractivity contribution < 1.29 is 19.1 Å². The summed E-state index contributed by atoms with van der Waals surface area (Å²) in [7, 11) is 0. The number of rotatable bonds is 7. The first-order valence-electron chi connectivity index (χ1n) is 6.69. The predicted molar refractivity (Wildman–Crippen MR) is 76.8 cm³/mol. The Morgan fingerprint density at radius 3 is 2.33 bits per heavy atom. The lowest BCUT2D eigenvalue weighted by molar-refractivity contribution is -0.147. The van der Waals surface area contributed by atoms with Crippen LogP contribution in [0.3, 0.4) is 0 Å². The van der Waals surface area contributed by atoms with Crippen LogP contribution in [0.4, 0.5) is 0 Å². The summed E-state index contributed by atoms with van der Waals surface area (Å²) in [4.78, 5) is 34.5. The molecule has 0 unspecified atom stereocenters. The standard InChI is InChI=1S/C15H20N2O4/c1-10(2)15(20)17-12(14(16)19)8-13(18)21-9-11-6-4-3-5-7-11/h3-7,10,12H,8-9H2,1-2H3,(H2,16,19)(H,17,20)/t12-/m0/s1. The van der Waals surface area contributed by atoms with Crippen LogP contribution in [0.25, 0.3) is 0 Å². The van der Waals surface area contributed by atoms with Crippen molar-refractivity contribution in [3.05, 3.63) is 35.9 Å². The molecule has 1 rings (SSSR count). The monoisotopic (exact) mass is 292 g/mol. The van der Waals surface area contributed by atoms with Gasteiger partial charge in [0, 0.05) is 5.92 Å². The maximum Gasteiger partial charge on any atom is 0.308 e. The number of ether oxygens (including phenoxy) is 1. The van der Waals surface area contributed by atoms with E-state index < -0.39 is 17.9 Å². The third kappa shape index (κ3) is 6.07. The lowest BCUT2D eigenvalue weighted by Gasteiger charge is -2.16. The van der Waals surface area contributed by atoms with Crippen molar-refractivity contribution >= 4 is 17.8 Å². The molecule has 1 atom stereocenters. The smallest absolute Gasteiger partial charge is 0.308 e. The number of primary amides is 1. The van der Waals surface area contributed by atoms with Crippen molar-refractivity contribution in [2.45, 2.75) is 32.9 Å². The van der Waals surface area contributed by atoms with Gasteiger partial charge in [0.2, 0.25) is 11.8 Å². The number of hydrogen-bond acceptors (Lipinski definition) is 4. The molecule has 0 aliphatic carbocycles. The van der Waals surface area contributed by atoms with Crippen LogP contribution in [0.5, 0.6) is 0 Å². The van der Waals surface area contributed by atoms with Gasteiger partial charge >= 0.3 is 5.97 Å². The molecule has 0 bridgehead atoms. The number of carbonyl (C=O) groups excluding carboxylic acids is 3. The molecule has 0 fully saturated rings. The molecule has 1 aromatic rings. The van der Waals surface area contributed by atoms with Gasteiger partial charge in [-0.3, -0.25) is 14.4 Å². The van der Waals surface area contributed by atoms with Crippen LogP contribution in [0.1, 0.15) is 25.8 Å². The van der Waals surface area contributed by atoms with Crippen LogP contribution < -0.4 is 11.1 Å². The average Bonchev–Trinajstić information content (AvgIpc) is 2.45. The molecule has 0 aliphatic rings. The lowest BCUT2D eigenvalue weighted by Crippen LogP contribution is -2.47. The van der Waals surface area contributed by atoms with E-state index in [1.807, 2.05) is 30.3 Å². The van der Waals surface area contributed by atoms with Crippen LogP contribution in [0, 0.1) is 5.92 Å². The van der Waals surface area contributed by atoms with Gasteiger partial charge in [-0.15, -0.1) is 0 Å². The van der Waals surface area contributed by atoms with E-state index in [4.69, 9.17) is 10.5 Å². The van der Waals surface area contributed by atoms with E-state index in [9.17, 15) is 14.4 Å². The van der Waals surface area contributed by atoms with Gasteiger partial charge in [-0.2, -0.15) is 0 Å². The van der Waals surface area contributed by atoms with Gasteiger partial charge in [0.15, 0.2) is 0 Å². The zero-order valence-electron chi connectivity index (χ0n) is 12.2. The lowest BCUT2D eigenvalue weighted by atomic mass is 10.1. The zero-order valence-corrected chi connectivity index (χ0v) is 12.2. The fraction of sp³-hybridized carbons (Fsp3) is 0.400. The van der Waals surface area contributed by atoms with Crippen molar-refractivity contribution in [2.24, 2.45) is 11.7 Å². The molecular weight excluding hydrogens is 272 g/mol. The molecule has 0 aromatic heterocycles. The molecule has 114 valence electrons. The van der Waals surface area contributed by atoms with Gasteiger partial charge in [-0.1, -0.05) is 44.2 Å². The van der Waals surface area contributed by atoms with Crippen molar-refractivity contribution in [3.63, 3.8) is 0 Å². The summed E-state index contributed by atoms with van der Waals surface area (Å²) in [6.45, 7) is 3.48. The van der Waals surface area contributed by atoms with E-state index in [1.54, 1.807) is 13.8 Å². The first-order valence-corrected chi connectivity index (χ1v) is 6.69. The summed E-state index contributed by atoms with van der Waals surface area (Å²) in [6, 6.07) is 8.11. The number of carbonyl (C=O) groups is 3. The van der Waals surface area contributed by atoms with Crippen LogP contribution in [0.15, 0.2) is 30.3 Å². The Hall–Kier alpha value is -2.37. The molecule has 6 heteroatoms. The highest BCUT2D eigenvalue weighted by Crippen LogP contribution is 2.04. The molecular formula is C15H20N2O4.